The summed E-state index contributed by atoms with van der Waals surface area (Å²) in [7, 11) is 0. The Morgan fingerprint density at radius 1 is 1.19 bits per heavy atom. The summed E-state index contributed by atoms with van der Waals surface area (Å²) in [6, 6.07) is 0. The molecule has 1 atom stereocenters. The maximum atomic E-state index is 12.2. The van der Waals surface area contributed by atoms with Crippen LogP contribution in [0.5, 0.6) is 0 Å². The largest absolute Gasteiger partial charge is 0.465 e. The van der Waals surface area contributed by atoms with Gasteiger partial charge in [-0.3, -0.25) is 14.5 Å². The molecule has 0 aromatic rings. The van der Waals surface area contributed by atoms with Gasteiger partial charge in [0.05, 0.1) is 13.2 Å². The Labute approximate surface area is 126 Å². The molecule has 3 fully saturated rings. The molecule has 0 aromatic carbocycles. The first-order valence-electron chi connectivity index (χ1n) is 8.29. The molecule has 1 spiro atoms. The normalized spacial score (nSPS) is 29.9. The van der Waals surface area contributed by atoms with Crippen molar-refractivity contribution in [2.75, 3.05) is 39.3 Å². The molecule has 1 saturated carbocycles. The van der Waals surface area contributed by atoms with E-state index in [0.29, 0.717) is 25.0 Å². The average molecular weight is 294 g/mol. The van der Waals surface area contributed by atoms with Gasteiger partial charge in [0.15, 0.2) is 0 Å². The molecule has 0 bridgehead atoms. The minimum atomic E-state index is -0.126. The summed E-state index contributed by atoms with van der Waals surface area (Å²) in [6.07, 6.45) is 5.55. The Bertz CT molecular complexity index is 422. The molecule has 0 unspecified atom stereocenters. The fraction of sp³-hybridized carbons (Fsp3) is 0.875. The minimum absolute atomic E-state index is 0.126. The molecular formula is C16H26N2O3. The monoisotopic (exact) mass is 294 g/mol. The maximum Gasteiger partial charge on any atom is 0.320 e. The highest BCUT2D eigenvalue weighted by Gasteiger charge is 2.45. The van der Waals surface area contributed by atoms with Gasteiger partial charge in [0.25, 0.3) is 0 Å². The van der Waals surface area contributed by atoms with E-state index in [1.807, 2.05) is 6.92 Å². The van der Waals surface area contributed by atoms with Crippen LogP contribution in [-0.4, -0.2) is 61.0 Å². The zero-order valence-corrected chi connectivity index (χ0v) is 13.0. The van der Waals surface area contributed by atoms with Gasteiger partial charge in [-0.15, -0.1) is 0 Å². The Morgan fingerprint density at radius 3 is 2.71 bits per heavy atom. The molecule has 21 heavy (non-hydrogen) atoms. The first-order chi connectivity index (χ1) is 10.1. The summed E-state index contributed by atoms with van der Waals surface area (Å²) in [4.78, 5) is 28.2. The Hall–Kier alpha value is -1.10. The van der Waals surface area contributed by atoms with E-state index in [1.54, 1.807) is 0 Å². The van der Waals surface area contributed by atoms with Crippen LogP contribution < -0.4 is 0 Å². The molecule has 5 nitrogen and oxygen atoms in total. The number of likely N-dealkylation sites (tertiary alicyclic amines) is 2. The average Bonchev–Trinajstić information content (AvgIpc) is 3.22. The molecule has 3 aliphatic rings. The summed E-state index contributed by atoms with van der Waals surface area (Å²) in [5.74, 6) is 0.562. The molecule has 2 aliphatic heterocycles. The van der Waals surface area contributed by atoms with E-state index >= 15 is 0 Å². The van der Waals surface area contributed by atoms with E-state index in [2.05, 4.69) is 9.80 Å². The van der Waals surface area contributed by atoms with Gasteiger partial charge in [0.2, 0.25) is 5.91 Å². The van der Waals surface area contributed by atoms with Crippen LogP contribution in [0, 0.1) is 11.3 Å². The van der Waals surface area contributed by atoms with Crippen molar-refractivity contribution in [3.8, 4) is 0 Å². The fourth-order valence-corrected chi connectivity index (χ4v) is 3.88. The molecular weight excluding hydrogens is 268 g/mol. The van der Waals surface area contributed by atoms with Crippen LogP contribution in [0.15, 0.2) is 0 Å². The molecule has 5 heteroatoms. The van der Waals surface area contributed by atoms with Gasteiger partial charge in [-0.05, 0) is 45.6 Å². The van der Waals surface area contributed by atoms with E-state index in [4.69, 9.17) is 4.74 Å². The zero-order valence-electron chi connectivity index (χ0n) is 13.0. The smallest absolute Gasteiger partial charge is 0.320 e. The highest BCUT2D eigenvalue weighted by molar-refractivity contribution is 5.81. The summed E-state index contributed by atoms with van der Waals surface area (Å²) in [5, 5.41) is 0. The molecule has 1 amide bonds. The second-order valence-electron chi connectivity index (χ2n) is 6.90. The topological polar surface area (TPSA) is 49.9 Å². The summed E-state index contributed by atoms with van der Waals surface area (Å²) >= 11 is 0. The number of piperidine rings is 1. The Kier molecular flexibility index (Phi) is 4.20. The van der Waals surface area contributed by atoms with Crippen LogP contribution in [0.2, 0.25) is 0 Å². The molecule has 3 rings (SSSR count). The van der Waals surface area contributed by atoms with E-state index in [9.17, 15) is 9.59 Å². The third kappa shape index (κ3) is 3.39. The van der Waals surface area contributed by atoms with Gasteiger partial charge in [-0.2, -0.15) is 0 Å². The lowest BCUT2D eigenvalue weighted by Gasteiger charge is -2.39. The molecule has 0 N–H and O–H groups in total. The number of ether oxygens (including phenoxy) is 1. The Morgan fingerprint density at radius 2 is 2.00 bits per heavy atom. The Balaban J connectivity index is 1.55. The molecule has 2 heterocycles. The van der Waals surface area contributed by atoms with Crippen LogP contribution in [0.3, 0.4) is 0 Å². The third-order valence-electron chi connectivity index (χ3n) is 5.08. The first-order valence-corrected chi connectivity index (χ1v) is 8.29. The van der Waals surface area contributed by atoms with Crippen LogP contribution >= 0.6 is 0 Å². The fourth-order valence-electron chi connectivity index (χ4n) is 3.88. The second kappa shape index (κ2) is 5.95. The van der Waals surface area contributed by atoms with Crippen molar-refractivity contribution in [1.82, 2.24) is 9.80 Å². The van der Waals surface area contributed by atoms with E-state index in [-0.39, 0.29) is 11.4 Å². The number of esters is 1. The number of carbonyl (C=O) groups excluding carboxylic acids is 2. The van der Waals surface area contributed by atoms with Gasteiger partial charge < -0.3 is 9.64 Å². The van der Waals surface area contributed by atoms with Gasteiger partial charge in [0, 0.05) is 31.0 Å². The number of carbonyl (C=O) groups is 2. The van der Waals surface area contributed by atoms with Crippen molar-refractivity contribution >= 4 is 11.9 Å². The van der Waals surface area contributed by atoms with E-state index in [0.717, 1.165) is 51.9 Å². The lowest BCUT2D eigenvalue weighted by molar-refractivity contribution is -0.145. The van der Waals surface area contributed by atoms with Crippen LogP contribution in [-0.2, 0) is 14.3 Å². The third-order valence-corrected chi connectivity index (χ3v) is 5.08. The van der Waals surface area contributed by atoms with Gasteiger partial charge >= 0.3 is 5.97 Å². The van der Waals surface area contributed by atoms with E-state index in [1.165, 1.54) is 6.42 Å². The predicted molar refractivity (Wildman–Crippen MR) is 78.7 cm³/mol. The highest BCUT2D eigenvalue weighted by Crippen LogP contribution is 2.41. The van der Waals surface area contributed by atoms with Crippen molar-refractivity contribution in [2.24, 2.45) is 11.3 Å². The van der Waals surface area contributed by atoms with Crippen molar-refractivity contribution in [3.05, 3.63) is 0 Å². The van der Waals surface area contributed by atoms with Crippen molar-refractivity contribution < 1.29 is 14.3 Å². The van der Waals surface area contributed by atoms with Crippen LogP contribution in [0.1, 0.15) is 39.0 Å². The lowest BCUT2D eigenvalue weighted by Crippen LogP contribution is -2.47. The number of nitrogens with zero attached hydrogens (tertiary/aromatic N) is 2. The first kappa shape index (κ1) is 14.8. The lowest BCUT2D eigenvalue weighted by atomic mass is 9.79. The maximum absolute atomic E-state index is 12.2. The highest BCUT2D eigenvalue weighted by atomic mass is 16.5. The molecule has 0 radical (unpaired) electrons. The number of hydrogen-bond acceptors (Lipinski definition) is 4. The van der Waals surface area contributed by atoms with E-state index < -0.39 is 0 Å². The van der Waals surface area contributed by atoms with Crippen LogP contribution in [0.25, 0.3) is 0 Å². The van der Waals surface area contributed by atoms with Gasteiger partial charge in [0.1, 0.15) is 0 Å². The zero-order chi connectivity index (χ0) is 14.9. The molecule has 2 saturated heterocycles. The summed E-state index contributed by atoms with van der Waals surface area (Å²) < 4.78 is 5.05. The summed E-state index contributed by atoms with van der Waals surface area (Å²) in [5.41, 5.74) is 0.218. The van der Waals surface area contributed by atoms with Crippen molar-refractivity contribution in [1.29, 1.82) is 0 Å². The quantitative estimate of drug-likeness (QED) is 0.733. The SMILES string of the molecule is CCOC(=O)CN1CCC[C@]2(CCN(C(=O)C3CC3)C2)C1. The molecule has 0 aromatic heterocycles. The van der Waals surface area contributed by atoms with Crippen molar-refractivity contribution in [3.63, 3.8) is 0 Å². The molecule has 118 valence electrons. The van der Waals surface area contributed by atoms with Crippen LogP contribution in [0.4, 0.5) is 0 Å². The standard InChI is InChI=1S/C16H26N2O3/c1-2-21-14(19)10-17-8-3-6-16(11-17)7-9-18(12-16)15(20)13-4-5-13/h13H,2-12H2,1H3/t16-/m0/s1. The van der Waals surface area contributed by atoms with Gasteiger partial charge in [-0.25, -0.2) is 0 Å². The van der Waals surface area contributed by atoms with Gasteiger partial charge in [-0.1, -0.05) is 0 Å². The minimum Gasteiger partial charge on any atom is -0.465 e. The predicted octanol–water partition coefficient (Wildman–Crippen LogP) is 1.27. The van der Waals surface area contributed by atoms with Crippen molar-refractivity contribution in [2.45, 2.75) is 39.0 Å². The number of hydrogen-bond donors (Lipinski definition) is 0. The molecule has 1 aliphatic carbocycles. The summed E-state index contributed by atoms with van der Waals surface area (Å²) in [6.45, 7) is 6.38. The second-order valence-corrected chi connectivity index (χ2v) is 6.90. The number of rotatable bonds is 4. The number of amides is 1.